The van der Waals surface area contributed by atoms with Crippen molar-refractivity contribution < 1.29 is 9.53 Å². The van der Waals surface area contributed by atoms with Crippen LogP contribution >= 0.6 is 15.9 Å². The summed E-state index contributed by atoms with van der Waals surface area (Å²) in [5.74, 6) is -0.260. The first-order valence-corrected chi connectivity index (χ1v) is 4.18. The van der Waals surface area contributed by atoms with Crippen molar-refractivity contribution in [3.63, 3.8) is 0 Å². The molecule has 1 aromatic rings. The van der Waals surface area contributed by atoms with Crippen LogP contribution in [0, 0.1) is 0 Å². The predicted octanol–water partition coefficient (Wildman–Crippen LogP) is 1.56. The van der Waals surface area contributed by atoms with Gasteiger partial charge in [0.1, 0.15) is 0 Å². The molecule has 1 aromatic heterocycles. The van der Waals surface area contributed by atoms with Gasteiger partial charge in [0.05, 0.1) is 13.5 Å². The van der Waals surface area contributed by atoms with E-state index in [1.54, 1.807) is 18.5 Å². The fourth-order valence-electron chi connectivity index (χ4n) is 0.768. The number of hydrogen-bond acceptors (Lipinski definition) is 3. The highest BCUT2D eigenvalue weighted by Crippen LogP contribution is 2.14. The Morgan fingerprint density at radius 2 is 2.50 bits per heavy atom. The Morgan fingerprint density at radius 3 is 3.08 bits per heavy atom. The SMILES string of the molecule is COC(=O)Cc1cnccc1Br. The Labute approximate surface area is 78.9 Å². The van der Waals surface area contributed by atoms with Gasteiger partial charge in [-0.05, 0) is 11.6 Å². The van der Waals surface area contributed by atoms with Crippen LogP contribution in [0.5, 0.6) is 0 Å². The van der Waals surface area contributed by atoms with Gasteiger partial charge in [-0.25, -0.2) is 0 Å². The Hall–Kier alpha value is -0.900. The van der Waals surface area contributed by atoms with E-state index in [1.165, 1.54) is 7.11 Å². The van der Waals surface area contributed by atoms with E-state index < -0.39 is 0 Å². The number of rotatable bonds is 2. The normalized spacial score (nSPS) is 9.50. The van der Waals surface area contributed by atoms with Gasteiger partial charge in [0, 0.05) is 16.9 Å². The molecule has 12 heavy (non-hydrogen) atoms. The summed E-state index contributed by atoms with van der Waals surface area (Å²) >= 11 is 3.31. The molecule has 0 N–H and O–H groups in total. The van der Waals surface area contributed by atoms with E-state index in [0.717, 1.165) is 10.0 Å². The molecule has 0 aromatic carbocycles. The zero-order chi connectivity index (χ0) is 8.97. The van der Waals surface area contributed by atoms with Crippen molar-refractivity contribution in [2.24, 2.45) is 0 Å². The topological polar surface area (TPSA) is 39.2 Å². The van der Waals surface area contributed by atoms with Gasteiger partial charge in [-0.15, -0.1) is 0 Å². The van der Waals surface area contributed by atoms with Crippen LogP contribution in [0.2, 0.25) is 0 Å². The molecule has 0 amide bonds. The average molecular weight is 230 g/mol. The van der Waals surface area contributed by atoms with Crippen LogP contribution in [0.15, 0.2) is 22.9 Å². The van der Waals surface area contributed by atoms with Crippen molar-refractivity contribution in [1.82, 2.24) is 4.98 Å². The number of methoxy groups -OCH3 is 1. The molecule has 1 rings (SSSR count). The van der Waals surface area contributed by atoms with Crippen LogP contribution in [0.25, 0.3) is 0 Å². The number of nitrogens with zero attached hydrogens (tertiary/aromatic N) is 1. The van der Waals surface area contributed by atoms with Gasteiger partial charge < -0.3 is 4.74 Å². The van der Waals surface area contributed by atoms with Gasteiger partial charge in [-0.1, -0.05) is 15.9 Å². The van der Waals surface area contributed by atoms with Crippen LogP contribution in [0.1, 0.15) is 5.56 Å². The molecule has 0 saturated heterocycles. The molecular weight excluding hydrogens is 222 g/mol. The van der Waals surface area contributed by atoms with Gasteiger partial charge in [0.15, 0.2) is 0 Å². The monoisotopic (exact) mass is 229 g/mol. The van der Waals surface area contributed by atoms with Crippen molar-refractivity contribution in [3.8, 4) is 0 Å². The molecular formula is C8H8BrNO2. The van der Waals surface area contributed by atoms with Gasteiger partial charge >= 0.3 is 5.97 Å². The summed E-state index contributed by atoms with van der Waals surface area (Å²) in [5, 5.41) is 0. The molecule has 0 bridgehead atoms. The van der Waals surface area contributed by atoms with Gasteiger partial charge in [-0.3, -0.25) is 9.78 Å². The van der Waals surface area contributed by atoms with E-state index in [9.17, 15) is 4.79 Å². The number of hydrogen-bond donors (Lipinski definition) is 0. The number of pyridine rings is 1. The van der Waals surface area contributed by atoms with E-state index in [1.807, 2.05) is 0 Å². The lowest BCUT2D eigenvalue weighted by molar-refractivity contribution is -0.139. The molecule has 0 atom stereocenters. The minimum absolute atomic E-state index is 0.255. The van der Waals surface area contributed by atoms with Crippen molar-refractivity contribution in [2.75, 3.05) is 7.11 Å². The fourth-order valence-corrected chi connectivity index (χ4v) is 1.13. The number of carbonyl (C=O) groups excluding carboxylic acids is 1. The van der Waals surface area contributed by atoms with Crippen LogP contribution in [-0.4, -0.2) is 18.1 Å². The van der Waals surface area contributed by atoms with Crippen LogP contribution in [-0.2, 0) is 16.0 Å². The molecule has 0 saturated carbocycles. The first-order valence-electron chi connectivity index (χ1n) is 3.39. The summed E-state index contributed by atoms with van der Waals surface area (Å²) in [4.78, 5) is 14.8. The first-order chi connectivity index (χ1) is 5.74. The highest BCUT2D eigenvalue weighted by molar-refractivity contribution is 9.10. The molecule has 0 unspecified atom stereocenters. The number of ether oxygens (including phenoxy) is 1. The van der Waals surface area contributed by atoms with E-state index in [-0.39, 0.29) is 12.4 Å². The second kappa shape index (κ2) is 4.21. The first kappa shape index (κ1) is 9.19. The molecule has 0 spiro atoms. The standard InChI is InChI=1S/C8H8BrNO2/c1-12-8(11)4-6-5-10-3-2-7(6)9/h2-3,5H,4H2,1H3. The van der Waals surface area contributed by atoms with Crippen LogP contribution in [0.4, 0.5) is 0 Å². The Balaban J connectivity index is 2.75. The van der Waals surface area contributed by atoms with Gasteiger partial charge in [-0.2, -0.15) is 0 Å². The summed E-state index contributed by atoms with van der Waals surface area (Å²) in [5.41, 5.74) is 0.837. The predicted molar refractivity (Wildman–Crippen MR) is 47.7 cm³/mol. The lowest BCUT2D eigenvalue weighted by Gasteiger charge is -2.00. The summed E-state index contributed by atoms with van der Waals surface area (Å²) in [6.07, 6.45) is 3.55. The summed E-state index contributed by atoms with van der Waals surface area (Å²) in [6, 6.07) is 1.79. The van der Waals surface area contributed by atoms with Gasteiger partial charge in [0.2, 0.25) is 0 Å². The number of carbonyl (C=O) groups is 1. The van der Waals surface area contributed by atoms with Crippen molar-refractivity contribution in [1.29, 1.82) is 0 Å². The quantitative estimate of drug-likeness (QED) is 0.723. The molecule has 0 aliphatic carbocycles. The maximum absolute atomic E-state index is 10.9. The molecule has 3 nitrogen and oxygen atoms in total. The maximum atomic E-state index is 10.9. The summed E-state index contributed by atoms with van der Waals surface area (Å²) in [7, 11) is 1.37. The molecule has 0 aliphatic rings. The number of halogens is 1. The Kier molecular flexibility index (Phi) is 3.22. The third kappa shape index (κ3) is 2.30. The van der Waals surface area contributed by atoms with E-state index in [0.29, 0.717) is 0 Å². The summed E-state index contributed by atoms with van der Waals surface area (Å²) < 4.78 is 5.40. The maximum Gasteiger partial charge on any atom is 0.310 e. The molecule has 0 fully saturated rings. The highest BCUT2D eigenvalue weighted by atomic mass is 79.9. The second-order valence-corrected chi connectivity index (χ2v) is 3.07. The number of aromatic nitrogens is 1. The smallest absolute Gasteiger partial charge is 0.310 e. The minimum atomic E-state index is -0.260. The van der Waals surface area contributed by atoms with Gasteiger partial charge in [0.25, 0.3) is 0 Å². The van der Waals surface area contributed by atoms with Crippen LogP contribution < -0.4 is 0 Å². The molecule has 1 heterocycles. The zero-order valence-corrected chi connectivity index (χ0v) is 8.17. The number of esters is 1. The molecule has 4 heteroatoms. The third-order valence-corrected chi connectivity index (χ3v) is 2.18. The molecule has 0 radical (unpaired) electrons. The summed E-state index contributed by atoms with van der Waals surface area (Å²) in [6.45, 7) is 0. The van der Waals surface area contributed by atoms with Crippen molar-refractivity contribution >= 4 is 21.9 Å². The Bertz CT molecular complexity index is 288. The molecule has 0 aliphatic heterocycles. The van der Waals surface area contributed by atoms with E-state index >= 15 is 0 Å². The lowest BCUT2D eigenvalue weighted by Crippen LogP contribution is -2.05. The van der Waals surface area contributed by atoms with E-state index in [4.69, 9.17) is 0 Å². The Morgan fingerprint density at radius 1 is 1.75 bits per heavy atom. The highest BCUT2D eigenvalue weighted by Gasteiger charge is 2.05. The zero-order valence-electron chi connectivity index (χ0n) is 6.58. The second-order valence-electron chi connectivity index (χ2n) is 2.22. The average Bonchev–Trinajstić information content (AvgIpc) is 2.09. The van der Waals surface area contributed by atoms with Crippen molar-refractivity contribution in [3.05, 3.63) is 28.5 Å². The third-order valence-electron chi connectivity index (χ3n) is 1.41. The van der Waals surface area contributed by atoms with E-state index in [2.05, 4.69) is 25.7 Å². The lowest BCUT2D eigenvalue weighted by atomic mass is 10.2. The van der Waals surface area contributed by atoms with Crippen molar-refractivity contribution in [2.45, 2.75) is 6.42 Å². The fraction of sp³-hybridized carbons (Fsp3) is 0.250. The molecule has 64 valence electrons. The minimum Gasteiger partial charge on any atom is -0.469 e. The largest absolute Gasteiger partial charge is 0.469 e. The van der Waals surface area contributed by atoms with Crippen LogP contribution in [0.3, 0.4) is 0 Å².